The standard InChI is InChI=1S/C8H7FN2/c9-8-3-5-1-2-6(10)4-7(5)11-8/h1-4,11H,10H2. The van der Waals surface area contributed by atoms with Crippen molar-refractivity contribution in [1.82, 2.24) is 4.98 Å². The minimum Gasteiger partial charge on any atom is -0.399 e. The maximum atomic E-state index is 12.6. The fourth-order valence-corrected chi connectivity index (χ4v) is 1.11. The van der Waals surface area contributed by atoms with Crippen LogP contribution in [0.15, 0.2) is 24.3 Å². The lowest BCUT2D eigenvalue weighted by Crippen LogP contribution is -1.82. The van der Waals surface area contributed by atoms with Gasteiger partial charge in [-0.05, 0) is 12.1 Å². The van der Waals surface area contributed by atoms with Gasteiger partial charge >= 0.3 is 0 Å². The molecular formula is C8H7FN2. The molecule has 56 valence electrons. The molecule has 11 heavy (non-hydrogen) atoms. The largest absolute Gasteiger partial charge is 0.399 e. The molecular weight excluding hydrogens is 143 g/mol. The number of aromatic amines is 1. The zero-order valence-electron chi connectivity index (χ0n) is 5.76. The van der Waals surface area contributed by atoms with Crippen molar-refractivity contribution in [2.75, 3.05) is 5.73 Å². The first kappa shape index (κ1) is 6.22. The maximum Gasteiger partial charge on any atom is 0.192 e. The highest BCUT2D eigenvalue weighted by molar-refractivity contribution is 5.82. The summed E-state index contributed by atoms with van der Waals surface area (Å²) in [5.74, 6) is -0.328. The lowest BCUT2D eigenvalue weighted by molar-refractivity contribution is 0.595. The summed E-state index contributed by atoms with van der Waals surface area (Å²) >= 11 is 0. The minimum absolute atomic E-state index is 0.328. The third kappa shape index (κ3) is 0.941. The summed E-state index contributed by atoms with van der Waals surface area (Å²) in [6.07, 6.45) is 0. The molecule has 0 saturated carbocycles. The molecule has 3 heteroatoms. The number of benzene rings is 1. The van der Waals surface area contributed by atoms with Crippen molar-refractivity contribution >= 4 is 16.6 Å². The van der Waals surface area contributed by atoms with Crippen molar-refractivity contribution in [1.29, 1.82) is 0 Å². The molecule has 0 unspecified atom stereocenters. The number of anilines is 1. The molecule has 1 aromatic carbocycles. The van der Waals surface area contributed by atoms with Gasteiger partial charge in [-0.1, -0.05) is 6.07 Å². The second-order valence-corrected chi connectivity index (χ2v) is 2.46. The summed E-state index contributed by atoms with van der Waals surface area (Å²) in [6, 6.07) is 6.67. The Morgan fingerprint density at radius 3 is 2.91 bits per heavy atom. The molecule has 2 nitrogen and oxygen atoms in total. The zero-order valence-corrected chi connectivity index (χ0v) is 5.76. The smallest absolute Gasteiger partial charge is 0.192 e. The molecule has 0 atom stereocenters. The summed E-state index contributed by atoms with van der Waals surface area (Å²) in [5.41, 5.74) is 6.87. The fraction of sp³-hybridized carbons (Fsp3) is 0. The van der Waals surface area contributed by atoms with Crippen LogP contribution in [0, 0.1) is 5.95 Å². The normalized spacial score (nSPS) is 10.6. The van der Waals surface area contributed by atoms with Crippen molar-refractivity contribution in [2.45, 2.75) is 0 Å². The number of H-pyrrole nitrogens is 1. The van der Waals surface area contributed by atoms with Crippen molar-refractivity contribution in [2.24, 2.45) is 0 Å². The molecule has 0 bridgehead atoms. The summed E-state index contributed by atoms with van der Waals surface area (Å²) in [6.45, 7) is 0. The average Bonchev–Trinajstić information content (AvgIpc) is 2.27. The topological polar surface area (TPSA) is 41.8 Å². The van der Waals surface area contributed by atoms with Crippen LogP contribution >= 0.6 is 0 Å². The van der Waals surface area contributed by atoms with Gasteiger partial charge in [0.15, 0.2) is 5.95 Å². The predicted octanol–water partition coefficient (Wildman–Crippen LogP) is 1.89. The molecule has 0 aliphatic heterocycles. The molecule has 0 fully saturated rings. The van der Waals surface area contributed by atoms with Gasteiger partial charge in [-0.2, -0.15) is 4.39 Å². The van der Waals surface area contributed by atoms with E-state index in [1.54, 1.807) is 18.2 Å². The van der Waals surface area contributed by atoms with E-state index in [9.17, 15) is 4.39 Å². The van der Waals surface area contributed by atoms with E-state index in [2.05, 4.69) is 4.98 Å². The van der Waals surface area contributed by atoms with E-state index < -0.39 is 0 Å². The number of halogens is 1. The quantitative estimate of drug-likeness (QED) is 0.553. The number of fused-ring (bicyclic) bond motifs is 1. The summed E-state index contributed by atoms with van der Waals surface area (Å²) < 4.78 is 12.6. The van der Waals surface area contributed by atoms with E-state index in [0.29, 0.717) is 5.69 Å². The summed E-state index contributed by atoms with van der Waals surface area (Å²) in [7, 11) is 0. The molecule has 0 aliphatic carbocycles. The third-order valence-corrected chi connectivity index (χ3v) is 1.61. The van der Waals surface area contributed by atoms with Crippen LogP contribution in [0.3, 0.4) is 0 Å². The Hall–Kier alpha value is -1.51. The first-order chi connectivity index (χ1) is 5.25. The Kier molecular flexibility index (Phi) is 1.12. The van der Waals surface area contributed by atoms with Gasteiger partial charge < -0.3 is 10.7 Å². The van der Waals surface area contributed by atoms with Crippen LogP contribution in [0.1, 0.15) is 0 Å². The fourth-order valence-electron chi connectivity index (χ4n) is 1.11. The number of nitrogen functional groups attached to an aromatic ring is 1. The van der Waals surface area contributed by atoms with Gasteiger partial charge in [0.05, 0.1) is 0 Å². The van der Waals surface area contributed by atoms with Crippen LogP contribution in [-0.2, 0) is 0 Å². The average molecular weight is 150 g/mol. The van der Waals surface area contributed by atoms with Gasteiger partial charge in [-0.25, -0.2) is 0 Å². The van der Waals surface area contributed by atoms with Crippen LogP contribution in [0.2, 0.25) is 0 Å². The van der Waals surface area contributed by atoms with Gasteiger partial charge in [0.1, 0.15) is 0 Å². The lowest BCUT2D eigenvalue weighted by atomic mass is 10.2. The Morgan fingerprint density at radius 2 is 2.09 bits per heavy atom. The Balaban J connectivity index is 2.82. The van der Waals surface area contributed by atoms with E-state index in [4.69, 9.17) is 5.73 Å². The number of aromatic nitrogens is 1. The monoisotopic (exact) mass is 150 g/mol. The van der Waals surface area contributed by atoms with Gasteiger partial charge in [0.25, 0.3) is 0 Å². The van der Waals surface area contributed by atoms with Crippen LogP contribution in [-0.4, -0.2) is 4.98 Å². The van der Waals surface area contributed by atoms with Crippen LogP contribution in [0.5, 0.6) is 0 Å². The molecule has 2 rings (SSSR count). The highest BCUT2D eigenvalue weighted by Gasteiger charge is 1.98. The van der Waals surface area contributed by atoms with Gasteiger partial charge in [0.2, 0.25) is 0 Å². The van der Waals surface area contributed by atoms with E-state index in [0.717, 1.165) is 10.9 Å². The van der Waals surface area contributed by atoms with E-state index >= 15 is 0 Å². The number of nitrogens with one attached hydrogen (secondary N) is 1. The molecule has 0 radical (unpaired) electrons. The van der Waals surface area contributed by atoms with Crippen LogP contribution < -0.4 is 5.73 Å². The van der Waals surface area contributed by atoms with Crippen LogP contribution in [0.25, 0.3) is 10.9 Å². The number of rotatable bonds is 0. The van der Waals surface area contributed by atoms with Gasteiger partial charge in [0, 0.05) is 22.7 Å². The highest BCUT2D eigenvalue weighted by atomic mass is 19.1. The van der Waals surface area contributed by atoms with Crippen LogP contribution in [0.4, 0.5) is 10.1 Å². The zero-order chi connectivity index (χ0) is 7.84. The second-order valence-electron chi connectivity index (χ2n) is 2.46. The number of hydrogen-bond donors (Lipinski definition) is 2. The molecule has 1 aromatic heterocycles. The van der Waals surface area contributed by atoms with E-state index in [-0.39, 0.29) is 5.95 Å². The Bertz CT molecular complexity index is 392. The second kappa shape index (κ2) is 1.99. The molecule has 2 aromatic rings. The predicted molar refractivity (Wildman–Crippen MR) is 42.7 cm³/mol. The Labute approximate surface area is 62.8 Å². The van der Waals surface area contributed by atoms with Crippen molar-refractivity contribution < 1.29 is 4.39 Å². The van der Waals surface area contributed by atoms with Crippen molar-refractivity contribution in [3.63, 3.8) is 0 Å². The maximum absolute atomic E-state index is 12.6. The van der Waals surface area contributed by atoms with Crippen molar-refractivity contribution in [3.05, 3.63) is 30.2 Å². The third-order valence-electron chi connectivity index (χ3n) is 1.61. The minimum atomic E-state index is -0.328. The molecule has 0 spiro atoms. The number of nitrogens with two attached hydrogens (primary N) is 1. The molecule has 0 saturated heterocycles. The molecule has 0 amide bonds. The first-order valence-corrected chi connectivity index (χ1v) is 3.29. The Morgan fingerprint density at radius 1 is 1.27 bits per heavy atom. The lowest BCUT2D eigenvalue weighted by Gasteiger charge is -1.90. The summed E-state index contributed by atoms with van der Waals surface area (Å²) in [4.78, 5) is 2.55. The van der Waals surface area contributed by atoms with Gasteiger partial charge in [-0.15, -0.1) is 0 Å². The highest BCUT2D eigenvalue weighted by Crippen LogP contribution is 2.16. The summed E-state index contributed by atoms with van der Waals surface area (Å²) in [5, 5.41) is 0.844. The van der Waals surface area contributed by atoms with E-state index in [1.165, 1.54) is 6.07 Å². The number of hydrogen-bond acceptors (Lipinski definition) is 1. The van der Waals surface area contributed by atoms with Gasteiger partial charge in [-0.3, -0.25) is 0 Å². The SMILES string of the molecule is Nc1ccc2cc(F)[nH]c2c1. The molecule has 3 N–H and O–H groups in total. The first-order valence-electron chi connectivity index (χ1n) is 3.29. The van der Waals surface area contributed by atoms with Crippen molar-refractivity contribution in [3.8, 4) is 0 Å². The molecule has 1 heterocycles. The molecule has 0 aliphatic rings. The van der Waals surface area contributed by atoms with E-state index in [1.807, 2.05) is 0 Å².